The van der Waals surface area contributed by atoms with Crippen LogP contribution < -0.4 is 5.32 Å². The van der Waals surface area contributed by atoms with Crippen LogP contribution in [0, 0.1) is 5.92 Å². The van der Waals surface area contributed by atoms with Crippen LogP contribution in [0.2, 0.25) is 0 Å². The quantitative estimate of drug-likeness (QED) is 0.915. The Bertz CT molecular complexity index is 552. The van der Waals surface area contributed by atoms with Crippen LogP contribution in [0.3, 0.4) is 0 Å². The zero-order valence-electron chi connectivity index (χ0n) is 11.8. The first kappa shape index (κ1) is 12.6. The molecule has 3 rings (SSSR count). The van der Waals surface area contributed by atoms with Crippen molar-refractivity contribution in [3.05, 3.63) is 24.2 Å². The lowest BCUT2D eigenvalue weighted by Crippen LogP contribution is -2.27. The average Bonchev–Trinajstić information content (AvgIpc) is 2.99. The second-order valence-corrected chi connectivity index (χ2v) is 5.88. The standard InChI is InChI=1S/C15H22N4/c1-11(2)9-14-18-13-6-4-8-17-15(13)19(14)10-12-5-3-7-16-12/h4,6,8,11-12,16H,3,5,7,9-10H2,1-2H3. The van der Waals surface area contributed by atoms with E-state index in [0.29, 0.717) is 12.0 Å². The van der Waals surface area contributed by atoms with Crippen LogP contribution in [0.25, 0.3) is 11.2 Å². The summed E-state index contributed by atoms with van der Waals surface area (Å²) < 4.78 is 2.32. The lowest BCUT2D eigenvalue weighted by atomic mass is 10.1. The predicted molar refractivity (Wildman–Crippen MR) is 77.1 cm³/mol. The Labute approximate surface area is 114 Å². The van der Waals surface area contributed by atoms with Crippen molar-refractivity contribution in [2.75, 3.05) is 6.54 Å². The molecule has 0 saturated carbocycles. The Morgan fingerprint density at radius 1 is 1.47 bits per heavy atom. The van der Waals surface area contributed by atoms with E-state index in [-0.39, 0.29) is 0 Å². The summed E-state index contributed by atoms with van der Waals surface area (Å²) in [6.45, 7) is 6.62. The van der Waals surface area contributed by atoms with Crippen molar-refractivity contribution in [3.63, 3.8) is 0 Å². The van der Waals surface area contributed by atoms with Crippen LogP contribution in [0.5, 0.6) is 0 Å². The zero-order chi connectivity index (χ0) is 13.2. The maximum absolute atomic E-state index is 4.77. The average molecular weight is 258 g/mol. The van der Waals surface area contributed by atoms with Crippen molar-refractivity contribution in [2.45, 2.75) is 45.7 Å². The van der Waals surface area contributed by atoms with Gasteiger partial charge in [0.15, 0.2) is 5.65 Å². The molecule has 0 spiro atoms. The molecule has 0 radical (unpaired) electrons. The molecule has 1 aliphatic heterocycles. The third-order valence-electron chi connectivity index (χ3n) is 3.74. The van der Waals surface area contributed by atoms with Crippen molar-refractivity contribution in [3.8, 4) is 0 Å². The van der Waals surface area contributed by atoms with Crippen LogP contribution in [-0.4, -0.2) is 27.1 Å². The van der Waals surface area contributed by atoms with E-state index in [1.165, 1.54) is 18.7 Å². The van der Waals surface area contributed by atoms with Gasteiger partial charge in [-0.05, 0) is 37.4 Å². The molecule has 2 aromatic heterocycles. The molecule has 0 amide bonds. The number of aromatic nitrogens is 3. The molecule has 4 heteroatoms. The fourth-order valence-corrected chi connectivity index (χ4v) is 2.85. The van der Waals surface area contributed by atoms with Crippen LogP contribution in [0.4, 0.5) is 0 Å². The summed E-state index contributed by atoms with van der Waals surface area (Å²) in [6.07, 6.45) is 5.42. The highest BCUT2D eigenvalue weighted by molar-refractivity contribution is 5.71. The van der Waals surface area contributed by atoms with Gasteiger partial charge in [-0.3, -0.25) is 0 Å². The lowest BCUT2D eigenvalue weighted by molar-refractivity contribution is 0.489. The Hall–Kier alpha value is -1.42. The molecule has 0 bridgehead atoms. The van der Waals surface area contributed by atoms with Gasteiger partial charge in [-0.2, -0.15) is 0 Å². The zero-order valence-corrected chi connectivity index (χ0v) is 11.8. The van der Waals surface area contributed by atoms with Crippen LogP contribution >= 0.6 is 0 Å². The third kappa shape index (κ3) is 2.63. The van der Waals surface area contributed by atoms with E-state index in [1.54, 1.807) is 0 Å². The monoisotopic (exact) mass is 258 g/mol. The number of nitrogens with zero attached hydrogens (tertiary/aromatic N) is 3. The maximum atomic E-state index is 4.77. The second kappa shape index (κ2) is 5.29. The van der Waals surface area contributed by atoms with Gasteiger partial charge >= 0.3 is 0 Å². The van der Waals surface area contributed by atoms with Gasteiger partial charge in [0.1, 0.15) is 11.3 Å². The fourth-order valence-electron chi connectivity index (χ4n) is 2.85. The lowest BCUT2D eigenvalue weighted by Gasteiger charge is -2.15. The number of rotatable bonds is 4. The van der Waals surface area contributed by atoms with Gasteiger partial charge in [0.2, 0.25) is 0 Å². The van der Waals surface area contributed by atoms with E-state index < -0.39 is 0 Å². The van der Waals surface area contributed by atoms with Crippen molar-refractivity contribution in [1.82, 2.24) is 19.9 Å². The third-order valence-corrected chi connectivity index (χ3v) is 3.74. The second-order valence-electron chi connectivity index (χ2n) is 5.88. The number of nitrogens with one attached hydrogen (secondary N) is 1. The molecular formula is C15H22N4. The summed E-state index contributed by atoms with van der Waals surface area (Å²) in [5, 5.41) is 3.56. The molecule has 1 N–H and O–H groups in total. The van der Waals surface area contributed by atoms with Gasteiger partial charge in [0.05, 0.1) is 0 Å². The predicted octanol–water partition coefficient (Wildman–Crippen LogP) is 2.38. The highest BCUT2D eigenvalue weighted by atomic mass is 15.2. The van der Waals surface area contributed by atoms with Gasteiger partial charge in [-0.15, -0.1) is 0 Å². The van der Waals surface area contributed by atoms with Crippen molar-refractivity contribution < 1.29 is 0 Å². The molecule has 3 heterocycles. The minimum atomic E-state index is 0.574. The van der Waals surface area contributed by atoms with Crippen LogP contribution in [0.1, 0.15) is 32.5 Å². The summed E-state index contributed by atoms with van der Waals surface area (Å²) in [6, 6.07) is 4.60. The number of hydrogen-bond acceptors (Lipinski definition) is 3. The Balaban J connectivity index is 1.97. The summed E-state index contributed by atoms with van der Waals surface area (Å²) >= 11 is 0. The Morgan fingerprint density at radius 2 is 2.37 bits per heavy atom. The molecule has 1 fully saturated rings. The van der Waals surface area contributed by atoms with Gasteiger partial charge in [0.25, 0.3) is 0 Å². The van der Waals surface area contributed by atoms with Crippen LogP contribution in [-0.2, 0) is 13.0 Å². The first-order valence-electron chi connectivity index (χ1n) is 7.27. The van der Waals surface area contributed by atoms with E-state index in [9.17, 15) is 0 Å². The summed E-state index contributed by atoms with van der Waals surface area (Å²) in [4.78, 5) is 9.29. The molecule has 0 aromatic carbocycles. The number of fused-ring (bicyclic) bond motifs is 1. The van der Waals surface area contributed by atoms with Gasteiger partial charge in [-0.25, -0.2) is 9.97 Å². The molecule has 2 aromatic rings. The first-order chi connectivity index (χ1) is 9.24. The SMILES string of the molecule is CC(C)Cc1nc2cccnc2n1CC1CCCN1. The van der Waals surface area contributed by atoms with Gasteiger partial charge < -0.3 is 9.88 Å². The number of imidazole rings is 1. The highest BCUT2D eigenvalue weighted by Gasteiger charge is 2.19. The Morgan fingerprint density at radius 3 is 3.11 bits per heavy atom. The topological polar surface area (TPSA) is 42.7 Å². The smallest absolute Gasteiger partial charge is 0.160 e. The molecule has 0 aliphatic carbocycles. The van der Waals surface area contributed by atoms with Crippen LogP contribution in [0.15, 0.2) is 18.3 Å². The van der Waals surface area contributed by atoms with Crippen molar-refractivity contribution in [2.24, 2.45) is 5.92 Å². The van der Waals surface area contributed by atoms with E-state index >= 15 is 0 Å². The molecule has 1 unspecified atom stereocenters. The van der Waals surface area contributed by atoms with Gasteiger partial charge in [0, 0.05) is 25.2 Å². The van der Waals surface area contributed by atoms with E-state index in [0.717, 1.165) is 30.7 Å². The maximum Gasteiger partial charge on any atom is 0.160 e. The molecule has 1 saturated heterocycles. The molecule has 102 valence electrons. The minimum Gasteiger partial charge on any atom is -0.312 e. The van der Waals surface area contributed by atoms with E-state index in [1.807, 2.05) is 12.3 Å². The largest absolute Gasteiger partial charge is 0.312 e. The number of hydrogen-bond donors (Lipinski definition) is 1. The number of pyridine rings is 1. The molecular weight excluding hydrogens is 236 g/mol. The molecule has 1 atom stereocenters. The van der Waals surface area contributed by atoms with Crippen molar-refractivity contribution >= 4 is 11.2 Å². The Kier molecular flexibility index (Phi) is 3.51. The van der Waals surface area contributed by atoms with Gasteiger partial charge in [-0.1, -0.05) is 13.8 Å². The minimum absolute atomic E-state index is 0.574. The molecule has 19 heavy (non-hydrogen) atoms. The summed E-state index contributed by atoms with van der Waals surface area (Å²) in [5.74, 6) is 1.80. The fraction of sp³-hybridized carbons (Fsp3) is 0.600. The highest BCUT2D eigenvalue weighted by Crippen LogP contribution is 2.18. The molecule has 4 nitrogen and oxygen atoms in total. The normalized spacial score (nSPS) is 19.6. The van der Waals surface area contributed by atoms with E-state index in [4.69, 9.17) is 4.98 Å². The van der Waals surface area contributed by atoms with Crippen molar-refractivity contribution in [1.29, 1.82) is 0 Å². The first-order valence-corrected chi connectivity index (χ1v) is 7.27. The molecule has 1 aliphatic rings. The summed E-state index contributed by atoms with van der Waals surface area (Å²) in [5.41, 5.74) is 2.06. The van der Waals surface area contributed by atoms with E-state index in [2.05, 4.69) is 34.8 Å². The summed E-state index contributed by atoms with van der Waals surface area (Å²) in [7, 11) is 0.